The van der Waals surface area contributed by atoms with Crippen LogP contribution in [-0.2, 0) is 6.42 Å². The molecular weight excluding hydrogens is 252 g/mol. The van der Waals surface area contributed by atoms with Crippen LogP contribution in [0, 0.1) is 5.92 Å². The number of ether oxygens (including phenoxy) is 1. The fourth-order valence-electron chi connectivity index (χ4n) is 2.30. The monoisotopic (exact) mass is 264 g/mol. The number of rotatable bonds is 2. The molecule has 15 heavy (non-hydrogen) atoms. The van der Waals surface area contributed by atoms with Crippen LogP contribution >= 0.6 is 15.9 Å². The third kappa shape index (κ3) is 1.51. The molecule has 0 aliphatic heterocycles. The Kier molecular flexibility index (Phi) is 2.13. The average Bonchev–Trinajstić information content (AvgIpc) is 2.99. The zero-order chi connectivity index (χ0) is 10.4. The van der Waals surface area contributed by atoms with Crippen LogP contribution in [-0.4, -0.2) is 7.11 Å². The van der Waals surface area contributed by atoms with Gasteiger partial charge in [0.2, 0.25) is 0 Å². The second kappa shape index (κ2) is 3.38. The molecule has 0 aromatic heterocycles. The third-order valence-electron chi connectivity index (χ3n) is 3.25. The summed E-state index contributed by atoms with van der Waals surface area (Å²) >= 11 is 3.55. The van der Waals surface area contributed by atoms with Crippen molar-refractivity contribution in [2.24, 2.45) is 5.92 Å². The van der Waals surface area contributed by atoms with Crippen molar-refractivity contribution in [3.05, 3.63) is 33.8 Å². The fraction of sp³-hybridized carbons (Fsp3) is 0.385. The minimum absolute atomic E-state index is 0.839. The Balaban J connectivity index is 2.06. The Morgan fingerprint density at radius 1 is 1.33 bits per heavy atom. The van der Waals surface area contributed by atoms with Gasteiger partial charge in [0.15, 0.2) is 0 Å². The molecule has 3 rings (SSSR count). The Morgan fingerprint density at radius 2 is 2.13 bits per heavy atom. The van der Waals surface area contributed by atoms with Gasteiger partial charge in [-0.05, 0) is 69.9 Å². The molecule has 0 atom stereocenters. The zero-order valence-electron chi connectivity index (χ0n) is 8.72. The van der Waals surface area contributed by atoms with E-state index in [4.69, 9.17) is 4.74 Å². The van der Waals surface area contributed by atoms with E-state index in [0.29, 0.717) is 0 Å². The molecule has 2 aliphatic carbocycles. The summed E-state index contributed by atoms with van der Waals surface area (Å²) in [4.78, 5) is 0. The van der Waals surface area contributed by atoms with Gasteiger partial charge in [0, 0.05) is 0 Å². The van der Waals surface area contributed by atoms with E-state index in [2.05, 4.69) is 34.1 Å². The summed E-state index contributed by atoms with van der Waals surface area (Å²) in [6.07, 6.45) is 6.20. The molecule has 0 saturated heterocycles. The highest BCUT2D eigenvalue weighted by atomic mass is 79.9. The number of fused-ring (bicyclic) bond motifs is 1. The summed E-state index contributed by atoms with van der Waals surface area (Å²) in [6.45, 7) is 0. The highest BCUT2D eigenvalue weighted by Crippen LogP contribution is 2.47. The van der Waals surface area contributed by atoms with E-state index in [-0.39, 0.29) is 0 Å². The molecule has 0 amide bonds. The normalized spacial score (nSPS) is 18.7. The summed E-state index contributed by atoms with van der Waals surface area (Å²) in [5.74, 6) is 1.78. The van der Waals surface area contributed by atoms with Gasteiger partial charge in [-0.2, -0.15) is 0 Å². The van der Waals surface area contributed by atoms with Gasteiger partial charge in [-0.25, -0.2) is 0 Å². The Morgan fingerprint density at radius 3 is 2.80 bits per heavy atom. The summed E-state index contributed by atoms with van der Waals surface area (Å²) in [5.41, 5.74) is 4.41. The van der Waals surface area contributed by atoms with Crippen LogP contribution in [0.2, 0.25) is 0 Å². The Bertz CT molecular complexity index is 444. The van der Waals surface area contributed by atoms with Crippen LogP contribution in [0.3, 0.4) is 0 Å². The van der Waals surface area contributed by atoms with E-state index in [1.807, 2.05) is 0 Å². The van der Waals surface area contributed by atoms with Crippen LogP contribution in [0.4, 0.5) is 0 Å². The molecule has 1 nitrogen and oxygen atoms in total. The molecule has 1 aromatic rings. The van der Waals surface area contributed by atoms with Crippen LogP contribution < -0.4 is 4.74 Å². The van der Waals surface area contributed by atoms with Gasteiger partial charge in [-0.3, -0.25) is 0 Å². The molecule has 0 bridgehead atoms. The SMILES string of the molecule is COc1cc2c(cc1Br)C(C1CC1)=CC2. The van der Waals surface area contributed by atoms with Gasteiger partial charge in [0.05, 0.1) is 11.6 Å². The lowest BCUT2D eigenvalue weighted by Gasteiger charge is -2.09. The molecule has 2 aliphatic rings. The lowest BCUT2D eigenvalue weighted by Crippen LogP contribution is -1.91. The van der Waals surface area contributed by atoms with Crippen molar-refractivity contribution in [2.75, 3.05) is 7.11 Å². The molecule has 1 saturated carbocycles. The zero-order valence-corrected chi connectivity index (χ0v) is 10.3. The van der Waals surface area contributed by atoms with Crippen molar-refractivity contribution >= 4 is 21.5 Å². The first kappa shape index (κ1) is 9.46. The number of halogens is 1. The second-order valence-electron chi connectivity index (χ2n) is 4.28. The van der Waals surface area contributed by atoms with Crippen molar-refractivity contribution in [1.29, 1.82) is 0 Å². The Labute approximate surface area is 98.3 Å². The molecule has 0 spiro atoms. The molecule has 0 unspecified atom stereocenters. The van der Waals surface area contributed by atoms with E-state index >= 15 is 0 Å². The van der Waals surface area contributed by atoms with Crippen LogP contribution in [0.15, 0.2) is 22.7 Å². The van der Waals surface area contributed by atoms with Crippen molar-refractivity contribution < 1.29 is 4.74 Å². The average molecular weight is 265 g/mol. The van der Waals surface area contributed by atoms with E-state index < -0.39 is 0 Å². The maximum absolute atomic E-state index is 5.31. The maximum Gasteiger partial charge on any atom is 0.133 e. The van der Waals surface area contributed by atoms with Gasteiger partial charge in [0.1, 0.15) is 5.75 Å². The van der Waals surface area contributed by atoms with Crippen LogP contribution in [0.5, 0.6) is 5.75 Å². The number of hydrogen-bond donors (Lipinski definition) is 0. The van der Waals surface area contributed by atoms with Gasteiger partial charge in [-0.15, -0.1) is 0 Å². The smallest absolute Gasteiger partial charge is 0.133 e. The maximum atomic E-state index is 5.31. The topological polar surface area (TPSA) is 9.23 Å². The van der Waals surface area contributed by atoms with E-state index in [9.17, 15) is 0 Å². The molecular formula is C13H13BrO. The first-order valence-corrected chi connectivity index (χ1v) is 6.15. The van der Waals surface area contributed by atoms with Crippen molar-refractivity contribution in [1.82, 2.24) is 0 Å². The summed E-state index contributed by atoms with van der Waals surface area (Å²) < 4.78 is 6.38. The predicted octanol–water partition coefficient (Wildman–Crippen LogP) is 3.81. The van der Waals surface area contributed by atoms with Gasteiger partial charge in [-0.1, -0.05) is 6.08 Å². The summed E-state index contributed by atoms with van der Waals surface area (Å²) in [6, 6.07) is 4.37. The summed E-state index contributed by atoms with van der Waals surface area (Å²) in [7, 11) is 1.72. The molecule has 0 heterocycles. The highest BCUT2D eigenvalue weighted by Gasteiger charge is 2.30. The van der Waals surface area contributed by atoms with Crippen molar-refractivity contribution in [2.45, 2.75) is 19.3 Å². The highest BCUT2D eigenvalue weighted by molar-refractivity contribution is 9.10. The minimum atomic E-state index is 0.839. The molecule has 0 N–H and O–H groups in total. The molecule has 78 valence electrons. The fourth-order valence-corrected chi connectivity index (χ4v) is 2.81. The largest absolute Gasteiger partial charge is 0.496 e. The van der Waals surface area contributed by atoms with Crippen molar-refractivity contribution in [3.8, 4) is 5.75 Å². The Hall–Kier alpha value is -0.760. The van der Waals surface area contributed by atoms with E-state index in [1.165, 1.54) is 24.0 Å². The van der Waals surface area contributed by atoms with E-state index in [1.54, 1.807) is 12.7 Å². The molecule has 1 fully saturated rings. The van der Waals surface area contributed by atoms with Gasteiger partial charge < -0.3 is 4.74 Å². The molecule has 1 aromatic carbocycles. The van der Waals surface area contributed by atoms with E-state index in [0.717, 1.165) is 22.6 Å². The predicted molar refractivity (Wildman–Crippen MR) is 65.1 cm³/mol. The standard InChI is InChI=1S/C13H13BrO/c1-15-13-6-9-4-5-10(8-2-3-8)11(9)7-12(13)14/h5-8H,2-4H2,1H3. The van der Waals surface area contributed by atoms with Gasteiger partial charge >= 0.3 is 0 Å². The van der Waals surface area contributed by atoms with Crippen LogP contribution in [0.1, 0.15) is 24.0 Å². The minimum Gasteiger partial charge on any atom is -0.496 e. The number of methoxy groups -OCH3 is 1. The first-order chi connectivity index (χ1) is 7.29. The molecule has 0 radical (unpaired) electrons. The van der Waals surface area contributed by atoms with Crippen molar-refractivity contribution in [3.63, 3.8) is 0 Å². The second-order valence-corrected chi connectivity index (χ2v) is 5.14. The quantitative estimate of drug-likeness (QED) is 0.790. The van der Waals surface area contributed by atoms with Gasteiger partial charge in [0.25, 0.3) is 0 Å². The molecule has 2 heteroatoms. The third-order valence-corrected chi connectivity index (χ3v) is 3.87. The lowest BCUT2D eigenvalue weighted by atomic mass is 10.0. The first-order valence-electron chi connectivity index (χ1n) is 5.36. The number of allylic oxidation sites excluding steroid dienone is 2. The van der Waals surface area contributed by atoms with Crippen LogP contribution in [0.25, 0.3) is 5.57 Å². The number of benzene rings is 1. The lowest BCUT2D eigenvalue weighted by molar-refractivity contribution is 0.411. The number of hydrogen-bond acceptors (Lipinski definition) is 1. The summed E-state index contributed by atoms with van der Waals surface area (Å²) in [5, 5.41) is 0.